The molecule has 0 spiro atoms. The minimum absolute atomic E-state index is 0.538. The number of ether oxygens (including phenoxy) is 1. The van der Waals surface area contributed by atoms with Gasteiger partial charge in [-0.25, -0.2) is 0 Å². The summed E-state index contributed by atoms with van der Waals surface area (Å²) < 4.78 is 7.51. The Balaban J connectivity index is 1.97. The smallest absolute Gasteiger partial charge is 0.0524 e. The largest absolute Gasteiger partial charge is 0.381 e. The van der Waals surface area contributed by atoms with Crippen molar-refractivity contribution in [1.82, 2.24) is 15.1 Å². The van der Waals surface area contributed by atoms with Gasteiger partial charge in [0, 0.05) is 38.4 Å². The standard InChI is InChI=1S/C10H17N3O/c1-2-14-8-9-5-11-6-10-3-4-12-13(10)7-9/h3-4,9,11H,2,5-8H2,1H3. The van der Waals surface area contributed by atoms with Gasteiger partial charge in [-0.1, -0.05) is 0 Å². The molecular formula is C10H17N3O. The number of fused-ring (bicyclic) bond motifs is 1. The highest BCUT2D eigenvalue weighted by molar-refractivity contribution is 5.01. The highest BCUT2D eigenvalue weighted by Gasteiger charge is 2.15. The Hall–Kier alpha value is -0.870. The number of rotatable bonds is 3. The second-order valence-electron chi connectivity index (χ2n) is 3.66. The van der Waals surface area contributed by atoms with Crippen molar-refractivity contribution in [3.63, 3.8) is 0 Å². The van der Waals surface area contributed by atoms with E-state index in [2.05, 4.69) is 21.2 Å². The Morgan fingerprint density at radius 2 is 2.64 bits per heavy atom. The van der Waals surface area contributed by atoms with Gasteiger partial charge < -0.3 is 10.1 Å². The van der Waals surface area contributed by atoms with Crippen LogP contribution in [-0.2, 0) is 17.8 Å². The molecule has 1 unspecified atom stereocenters. The van der Waals surface area contributed by atoms with Crippen LogP contribution in [0.25, 0.3) is 0 Å². The van der Waals surface area contributed by atoms with Crippen LogP contribution in [0.2, 0.25) is 0 Å². The zero-order valence-electron chi connectivity index (χ0n) is 8.57. The molecule has 2 heterocycles. The second kappa shape index (κ2) is 4.57. The lowest BCUT2D eigenvalue weighted by Gasteiger charge is -2.14. The Labute approximate surface area is 84.3 Å². The average Bonchev–Trinajstić information content (AvgIpc) is 2.54. The molecule has 0 aromatic carbocycles. The summed E-state index contributed by atoms with van der Waals surface area (Å²) in [7, 11) is 0. The molecule has 0 radical (unpaired) electrons. The van der Waals surface area contributed by atoms with Crippen LogP contribution in [0.5, 0.6) is 0 Å². The number of aromatic nitrogens is 2. The van der Waals surface area contributed by atoms with Crippen LogP contribution in [0.4, 0.5) is 0 Å². The van der Waals surface area contributed by atoms with E-state index in [1.807, 2.05) is 13.1 Å². The number of nitrogens with zero attached hydrogens (tertiary/aromatic N) is 2. The molecule has 0 fully saturated rings. The third-order valence-electron chi connectivity index (χ3n) is 2.53. The monoisotopic (exact) mass is 195 g/mol. The van der Waals surface area contributed by atoms with Gasteiger partial charge in [-0.05, 0) is 13.0 Å². The van der Waals surface area contributed by atoms with Crippen LogP contribution in [-0.4, -0.2) is 29.5 Å². The predicted molar refractivity (Wildman–Crippen MR) is 53.9 cm³/mol. The van der Waals surface area contributed by atoms with E-state index in [4.69, 9.17) is 4.74 Å². The Bertz CT molecular complexity index is 285. The first-order valence-corrected chi connectivity index (χ1v) is 5.19. The average molecular weight is 195 g/mol. The molecule has 1 atom stereocenters. The minimum atomic E-state index is 0.538. The van der Waals surface area contributed by atoms with E-state index in [1.165, 1.54) is 5.69 Å². The fraction of sp³-hybridized carbons (Fsp3) is 0.700. The van der Waals surface area contributed by atoms with Crippen molar-refractivity contribution in [1.29, 1.82) is 0 Å². The lowest BCUT2D eigenvalue weighted by atomic mass is 10.1. The van der Waals surface area contributed by atoms with Crippen LogP contribution in [0.3, 0.4) is 0 Å². The van der Waals surface area contributed by atoms with E-state index in [-0.39, 0.29) is 0 Å². The first kappa shape index (κ1) is 9.68. The van der Waals surface area contributed by atoms with Crippen molar-refractivity contribution in [3.05, 3.63) is 18.0 Å². The Kier molecular flexibility index (Phi) is 3.16. The van der Waals surface area contributed by atoms with Gasteiger partial charge in [-0.2, -0.15) is 5.10 Å². The first-order valence-electron chi connectivity index (χ1n) is 5.19. The van der Waals surface area contributed by atoms with E-state index in [0.29, 0.717) is 5.92 Å². The fourth-order valence-electron chi connectivity index (χ4n) is 1.78. The van der Waals surface area contributed by atoms with Gasteiger partial charge in [0.2, 0.25) is 0 Å². The molecule has 1 aromatic rings. The SMILES string of the molecule is CCOCC1CNCc2ccnn2C1. The second-order valence-corrected chi connectivity index (χ2v) is 3.66. The van der Waals surface area contributed by atoms with Crippen LogP contribution in [0.1, 0.15) is 12.6 Å². The maximum absolute atomic E-state index is 5.44. The lowest BCUT2D eigenvalue weighted by molar-refractivity contribution is 0.103. The van der Waals surface area contributed by atoms with Crippen LogP contribution in [0, 0.1) is 5.92 Å². The summed E-state index contributed by atoms with van der Waals surface area (Å²) in [5, 5.41) is 7.70. The van der Waals surface area contributed by atoms with Crippen LogP contribution < -0.4 is 5.32 Å². The number of hydrogen-bond acceptors (Lipinski definition) is 3. The molecule has 0 saturated heterocycles. The molecule has 0 saturated carbocycles. The van der Waals surface area contributed by atoms with Crippen molar-refractivity contribution in [2.75, 3.05) is 19.8 Å². The van der Waals surface area contributed by atoms with Gasteiger partial charge in [-0.15, -0.1) is 0 Å². The van der Waals surface area contributed by atoms with Gasteiger partial charge in [0.25, 0.3) is 0 Å². The third-order valence-corrected chi connectivity index (χ3v) is 2.53. The molecule has 4 nitrogen and oxygen atoms in total. The maximum atomic E-state index is 5.44. The lowest BCUT2D eigenvalue weighted by Crippen LogP contribution is -2.25. The molecule has 4 heteroatoms. The van der Waals surface area contributed by atoms with Gasteiger partial charge in [0.15, 0.2) is 0 Å². The zero-order valence-corrected chi connectivity index (χ0v) is 8.57. The summed E-state index contributed by atoms with van der Waals surface area (Å²) in [4.78, 5) is 0. The molecule has 0 bridgehead atoms. The van der Waals surface area contributed by atoms with Gasteiger partial charge >= 0.3 is 0 Å². The number of hydrogen-bond donors (Lipinski definition) is 1. The molecule has 0 amide bonds. The molecule has 78 valence electrons. The predicted octanol–water partition coefficient (Wildman–Crippen LogP) is 0.639. The molecule has 2 rings (SSSR count). The molecule has 0 aliphatic carbocycles. The topological polar surface area (TPSA) is 39.1 Å². The normalized spacial score (nSPS) is 21.6. The Morgan fingerprint density at radius 1 is 1.71 bits per heavy atom. The Morgan fingerprint density at radius 3 is 3.50 bits per heavy atom. The molecule has 1 aliphatic heterocycles. The summed E-state index contributed by atoms with van der Waals surface area (Å²) in [6.45, 7) is 6.55. The van der Waals surface area contributed by atoms with Crippen molar-refractivity contribution in [2.45, 2.75) is 20.0 Å². The van der Waals surface area contributed by atoms with Crippen molar-refractivity contribution >= 4 is 0 Å². The molecule has 14 heavy (non-hydrogen) atoms. The van der Waals surface area contributed by atoms with E-state index in [1.54, 1.807) is 0 Å². The van der Waals surface area contributed by atoms with Crippen LogP contribution in [0.15, 0.2) is 12.3 Å². The zero-order chi connectivity index (χ0) is 9.80. The third kappa shape index (κ3) is 2.13. The minimum Gasteiger partial charge on any atom is -0.381 e. The van der Waals surface area contributed by atoms with E-state index < -0.39 is 0 Å². The van der Waals surface area contributed by atoms with Crippen molar-refractivity contribution < 1.29 is 4.74 Å². The van der Waals surface area contributed by atoms with Gasteiger partial charge in [0.1, 0.15) is 0 Å². The quantitative estimate of drug-likeness (QED) is 0.769. The van der Waals surface area contributed by atoms with Crippen molar-refractivity contribution in [3.8, 4) is 0 Å². The molecule has 1 N–H and O–H groups in total. The summed E-state index contributed by atoms with van der Waals surface area (Å²) in [6.07, 6.45) is 1.86. The number of nitrogens with one attached hydrogen (secondary N) is 1. The maximum Gasteiger partial charge on any atom is 0.0524 e. The fourth-order valence-corrected chi connectivity index (χ4v) is 1.78. The summed E-state index contributed by atoms with van der Waals surface area (Å²) in [6, 6.07) is 2.07. The molecule has 1 aromatic heterocycles. The van der Waals surface area contributed by atoms with Gasteiger partial charge in [-0.3, -0.25) is 4.68 Å². The summed E-state index contributed by atoms with van der Waals surface area (Å²) in [5.74, 6) is 0.538. The van der Waals surface area contributed by atoms with E-state index in [9.17, 15) is 0 Å². The first-order chi connectivity index (χ1) is 6.90. The summed E-state index contributed by atoms with van der Waals surface area (Å²) in [5.41, 5.74) is 1.27. The van der Waals surface area contributed by atoms with E-state index in [0.717, 1.165) is 32.8 Å². The van der Waals surface area contributed by atoms with E-state index >= 15 is 0 Å². The van der Waals surface area contributed by atoms with Gasteiger partial charge in [0.05, 0.1) is 12.3 Å². The highest BCUT2D eigenvalue weighted by Crippen LogP contribution is 2.09. The summed E-state index contributed by atoms with van der Waals surface area (Å²) >= 11 is 0. The molecule has 1 aliphatic rings. The highest BCUT2D eigenvalue weighted by atomic mass is 16.5. The van der Waals surface area contributed by atoms with Crippen molar-refractivity contribution in [2.24, 2.45) is 5.92 Å². The van der Waals surface area contributed by atoms with Crippen LogP contribution >= 0.6 is 0 Å². The molecular weight excluding hydrogens is 178 g/mol.